The molecule has 2 aromatic heterocycles. The zero-order valence-corrected chi connectivity index (χ0v) is 80.7. The number of methoxy groups -OCH3 is 12. The lowest BCUT2D eigenvalue weighted by molar-refractivity contribution is -0.136. The molecule has 0 saturated heterocycles. The molecular formula is C109H112N2O28. The molecule has 0 unspecified atom stereocenters. The van der Waals surface area contributed by atoms with Gasteiger partial charge in [-0.1, -0.05) is 48.0 Å². The van der Waals surface area contributed by atoms with Gasteiger partial charge >= 0.3 is 29.8 Å². The molecule has 139 heavy (non-hydrogen) atoms. The predicted molar refractivity (Wildman–Crippen MR) is 527 cm³/mol. The molecule has 6 N–H and O–H groups in total. The number of furan rings is 2. The second-order valence-corrected chi connectivity index (χ2v) is 31.5. The molecule has 726 valence electrons. The number of ether oxygens (including phenoxy) is 14. The summed E-state index contributed by atoms with van der Waals surface area (Å²) >= 11 is 0. The SMILES string of the molecule is CNCc1ccco1.COc1cc(C=O)cc(OC)c1OC(C)=O.COc1ccc2c(c1)C(CC(=O)N(C)Cc1ccco1)=C(C)/C2=C/c1cc(OC)c(O)c(OC)c1.COc1ccc2c(c1)C(CC(=O)O)=C(C)/C2=C/c1cc(OC)c(O)c(OC)c1.COc1ccc2c(c1)C(CC(=O)O)=C(C)/C2=C/c1cc(OC)c(OC(=O)c2ccccc2)c(OC)c1.COc1ccc2c(c1)C(CC(=O)O)=C(C)C2. The number of rotatable bonds is 31. The fraction of sp³-hybridized carbons (Fsp3) is 0.239. The maximum Gasteiger partial charge on any atom is 0.343 e. The summed E-state index contributed by atoms with van der Waals surface area (Å²) in [7, 11) is 21.8. The van der Waals surface area contributed by atoms with Crippen molar-refractivity contribution in [2.75, 3.05) is 99.4 Å². The highest BCUT2D eigenvalue weighted by Gasteiger charge is 2.32. The third kappa shape index (κ3) is 25.9. The minimum atomic E-state index is -0.910. The van der Waals surface area contributed by atoms with Gasteiger partial charge in [-0.2, -0.15) is 0 Å². The molecule has 0 saturated carbocycles. The number of esters is 2. The number of phenolic OH excluding ortho intramolecular Hbond substituents is 2. The van der Waals surface area contributed by atoms with Crippen molar-refractivity contribution in [2.45, 2.75) is 79.8 Å². The Hall–Kier alpha value is -16.6. The number of carboxylic acids is 3. The molecule has 0 radical (unpaired) electrons. The molecule has 30 heteroatoms. The van der Waals surface area contributed by atoms with Crippen molar-refractivity contribution >= 4 is 99.3 Å². The van der Waals surface area contributed by atoms with Gasteiger partial charge in [0.1, 0.15) is 40.8 Å². The number of carboxylic acid groups (broad SMARTS) is 3. The number of benzene rings is 9. The molecular weight excluding hydrogens is 1790 g/mol. The average molecular weight is 1900 g/mol. The van der Waals surface area contributed by atoms with Crippen LogP contribution in [0.15, 0.2) is 220 Å². The fourth-order valence-electron chi connectivity index (χ4n) is 15.9. The summed E-state index contributed by atoms with van der Waals surface area (Å²) in [4.78, 5) is 82.8. The number of fused-ring (bicyclic) bond motifs is 4. The molecule has 2 heterocycles. The highest BCUT2D eigenvalue weighted by molar-refractivity contribution is 6.11. The number of nitrogens with zero attached hydrogens (tertiary/aromatic N) is 1. The van der Waals surface area contributed by atoms with Gasteiger partial charge in [0.25, 0.3) is 0 Å². The van der Waals surface area contributed by atoms with Crippen LogP contribution < -0.4 is 71.6 Å². The minimum Gasteiger partial charge on any atom is -0.502 e. The molecule has 0 bridgehead atoms. The van der Waals surface area contributed by atoms with Crippen LogP contribution >= 0.6 is 0 Å². The van der Waals surface area contributed by atoms with Gasteiger partial charge in [0, 0.05) is 19.5 Å². The minimum absolute atomic E-state index is 0.0151. The lowest BCUT2D eigenvalue weighted by Gasteiger charge is -2.17. The highest BCUT2D eigenvalue weighted by Crippen LogP contribution is 2.51. The Labute approximate surface area is 805 Å². The van der Waals surface area contributed by atoms with Gasteiger partial charge in [-0.15, -0.1) is 0 Å². The number of phenols is 2. The summed E-state index contributed by atoms with van der Waals surface area (Å²) in [5.74, 6) is 3.56. The van der Waals surface area contributed by atoms with Crippen LogP contribution in [0.25, 0.3) is 57.2 Å². The summed E-state index contributed by atoms with van der Waals surface area (Å²) < 4.78 is 84.5. The summed E-state index contributed by atoms with van der Waals surface area (Å²) in [6, 6.07) is 52.4. The van der Waals surface area contributed by atoms with Gasteiger partial charge in [0.15, 0.2) is 46.0 Å². The van der Waals surface area contributed by atoms with Crippen LogP contribution in [-0.4, -0.2) is 172 Å². The van der Waals surface area contributed by atoms with E-state index in [0.717, 1.165) is 153 Å². The normalized spacial score (nSPS) is 13.0. The lowest BCUT2D eigenvalue weighted by atomic mass is 10.00. The number of aliphatic carboxylic acids is 3. The van der Waals surface area contributed by atoms with Gasteiger partial charge in [0.05, 0.1) is 142 Å². The van der Waals surface area contributed by atoms with Gasteiger partial charge in [0.2, 0.25) is 28.9 Å². The van der Waals surface area contributed by atoms with Crippen LogP contribution in [0.3, 0.4) is 0 Å². The van der Waals surface area contributed by atoms with Gasteiger partial charge in [-0.25, -0.2) is 4.79 Å². The fourth-order valence-corrected chi connectivity index (χ4v) is 15.9. The number of aldehydes is 1. The van der Waals surface area contributed by atoms with Crippen LogP contribution in [-0.2, 0) is 43.5 Å². The quantitative estimate of drug-likeness (QED) is 0.0133. The van der Waals surface area contributed by atoms with Crippen molar-refractivity contribution in [3.05, 3.63) is 295 Å². The molecule has 4 aliphatic rings. The van der Waals surface area contributed by atoms with Gasteiger partial charge < -0.3 is 111 Å². The molecule has 11 aromatic rings. The Morgan fingerprint density at radius 3 is 1.08 bits per heavy atom. The molecule has 9 aromatic carbocycles. The first-order valence-corrected chi connectivity index (χ1v) is 43.4. The first-order chi connectivity index (χ1) is 66.8. The zero-order chi connectivity index (χ0) is 101. The summed E-state index contributed by atoms with van der Waals surface area (Å²) in [6.45, 7) is 10.3. The molecule has 0 aliphatic heterocycles. The first-order valence-electron chi connectivity index (χ1n) is 43.4. The van der Waals surface area contributed by atoms with E-state index < -0.39 is 29.8 Å². The lowest BCUT2D eigenvalue weighted by Crippen LogP contribution is -2.26. The third-order valence-electron chi connectivity index (χ3n) is 22.8. The van der Waals surface area contributed by atoms with E-state index in [4.69, 9.17) is 80.3 Å². The molecule has 4 aliphatic carbocycles. The van der Waals surface area contributed by atoms with Crippen LogP contribution in [0.5, 0.6) is 92.0 Å². The average Bonchev–Trinajstić information content (AvgIpc) is 1.62. The van der Waals surface area contributed by atoms with E-state index in [1.54, 1.807) is 114 Å². The van der Waals surface area contributed by atoms with E-state index in [1.807, 2.05) is 156 Å². The number of aromatic hydroxyl groups is 2. The summed E-state index contributed by atoms with van der Waals surface area (Å²) in [6.07, 6.45) is 10.8. The van der Waals surface area contributed by atoms with E-state index in [1.165, 1.54) is 81.5 Å². The number of carbonyl (C=O) groups excluding carboxylic acids is 4. The zero-order valence-electron chi connectivity index (χ0n) is 80.7. The Morgan fingerprint density at radius 2 is 0.734 bits per heavy atom. The monoisotopic (exact) mass is 1900 g/mol. The van der Waals surface area contributed by atoms with Crippen LogP contribution in [0, 0.1) is 0 Å². The highest BCUT2D eigenvalue weighted by atomic mass is 16.6. The Morgan fingerprint density at radius 1 is 0.388 bits per heavy atom. The summed E-state index contributed by atoms with van der Waals surface area (Å²) in [5, 5.41) is 51.1. The maximum absolute atomic E-state index is 13.1. The van der Waals surface area contributed by atoms with Crippen molar-refractivity contribution in [1.82, 2.24) is 10.2 Å². The van der Waals surface area contributed by atoms with E-state index in [9.17, 15) is 54.0 Å². The second kappa shape index (κ2) is 49.0. The standard InChI is InChI=1S/C29H26O7.C28H29NO6.C22H22O6.C13H14O3.C11H12O5.C6H9NO/c1-17-22(21-11-10-20(33-2)15-24(21)23(17)16-27(30)31)12-18-13-25(34-3)28(26(14-18)35-4)36-29(32)19-8-6-5-7-9-19;1-17-22(11-18-12-25(33-4)28(31)26(13-18)34-5)21-9-8-19(32-3)14-24(21)23(17)15-27(30)29(2)16-20-7-6-10-35-20;1-12-16(7-13-8-19(27-3)22(25)20(9-13)28-4)15-6-5-14(26-2)10-18(15)17(12)11-21(23)24;1-8-5-9-3-4-10(16-2)6-12(9)11(8)7-13(14)15;1-7(13)16-11-9(14-2)4-8(6-12)5-10(11)15-3;1-7-5-6-3-2-4-8-6/h5-15H,16H2,1-4H3,(H,30,31);6-14,31H,15-16H2,1-5H3;5-10,25H,11H2,1-4H3,(H,23,24);3-4,6H,5,7H2,1-2H3,(H,14,15);4-6H,1-3H3;2-4,7H,5H2,1H3/b22-12-;22-11-;16-7-;;;. The van der Waals surface area contributed by atoms with Crippen molar-refractivity contribution in [1.29, 1.82) is 0 Å². The topological polar surface area (TPSA) is 391 Å². The molecule has 0 fully saturated rings. The first kappa shape index (κ1) is 104. The third-order valence-corrected chi connectivity index (χ3v) is 22.8. The molecule has 0 spiro atoms. The molecule has 1 amide bonds. The van der Waals surface area contributed by atoms with Gasteiger partial charge in [-0.05, 0) is 310 Å². The number of hydrogen-bond donors (Lipinski definition) is 6. The largest absolute Gasteiger partial charge is 0.502 e. The van der Waals surface area contributed by atoms with Crippen LogP contribution in [0.1, 0.15) is 154 Å². The number of amides is 1. The molecule has 15 rings (SSSR count). The Kier molecular flexibility index (Phi) is 36.8. The Bertz CT molecular complexity index is 6480. The van der Waals surface area contributed by atoms with E-state index in [-0.39, 0.29) is 66.1 Å². The maximum atomic E-state index is 13.1. The number of hydrogen-bond acceptors (Lipinski definition) is 26. The van der Waals surface area contributed by atoms with Crippen molar-refractivity contribution < 1.29 is 134 Å². The van der Waals surface area contributed by atoms with E-state index in [0.29, 0.717) is 70.0 Å². The van der Waals surface area contributed by atoms with Crippen molar-refractivity contribution in [3.8, 4) is 92.0 Å². The smallest absolute Gasteiger partial charge is 0.343 e. The number of nitrogens with one attached hydrogen (secondary N) is 1. The summed E-state index contributed by atoms with van der Waals surface area (Å²) in [5.41, 5.74) is 20.8. The van der Waals surface area contributed by atoms with Gasteiger partial charge in [-0.3, -0.25) is 28.8 Å². The molecule has 0 atom stereocenters. The van der Waals surface area contributed by atoms with E-state index in [2.05, 4.69) is 5.32 Å². The number of carbonyl (C=O) groups is 7. The van der Waals surface area contributed by atoms with Crippen LogP contribution in [0.4, 0.5) is 0 Å². The van der Waals surface area contributed by atoms with Crippen LogP contribution in [0.2, 0.25) is 0 Å². The second-order valence-electron chi connectivity index (χ2n) is 31.5. The Balaban J connectivity index is 0.000000181. The van der Waals surface area contributed by atoms with E-state index >= 15 is 0 Å². The van der Waals surface area contributed by atoms with Crippen molar-refractivity contribution in [3.63, 3.8) is 0 Å². The number of allylic oxidation sites excluding steroid dienone is 7. The molecule has 30 nitrogen and oxygen atoms in total. The van der Waals surface area contributed by atoms with Crippen molar-refractivity contribution in [2.24, 2.45) is 0 Å². The predicted octanol–water partition coefficient (Wildman–Crippen LogP) is 20.3.